The largest absolute Gasteiger partial charge is 0.479 e. The van der Waals surface area contributed by atoms with Crippen LogP contribution in [0.15, 0.2) is 11.8 Å². The summed E-state index contributed by atoms with van der Waals surface area (Å²) in [6.45, 7) is -0.825. The van der Waals surface area contributed by atoms with Crippen LogP contribution in [-0.2, 0) is 19.6 Å². The number of nitrogens with two attached hydrogens (primary N) is 1. The molecule has 0 aromatic heterocycles. The van der Waals surface area contributed by atoms with Crippen LogP contribution in [0.4, 0.5) is 0 Å². The SMILES string of the molecule is CS(=O)(=O)N[C@H]1[C@H]([C@H](O)[C@H](O)CO)OC(C(=O)O)=C[C@@H]1N. The Hall–Kier alpha value is -1.24. The molecular formula is C10H18N2O8S. The molecule has 1 rings (SSSR count). The molecule has 0 fully saturated rings. The molecule has 10 nitrogen and oxygen atoms in total. The number of aliphatic hydroxyl groups excluding tert-OH is 3. The molecule has 0 saturated carbocycles. The zero-order valence-corrected chi connectivity index (χ0v) is 11.9. The molecule has 0 saturated heterocycles. The molecule has 7 N–H and O–H groups in total. The lowest BCUT2D eigenvalue weighted by Crippen LogP contribution is -2.62. The number of ether oxygens (including phenoxy) is 1. The van der Waals surface area contributed by atoms with Crippen molar-refractivity contribution in [2.24, 2.45) is 5.73 Å². The molecule has 1 aliphatic rings. The highest BCUT2D eigenvalue weighted by Gasteiger charge is 2.43. The van der Waals surface area contributed by atoms with Gasteiger partial charge in [0.2, 0.25) is 15.8 Å². The Labute approximate surface area is 120 Å². The summed E-state index contributed by atoms with van der Waals surface area (Å²) in [5.41, 5.74) is 5.68. The van der Waals surface area contributed by atoms with Crippen LogP contribution in [0.25, 0.3) is 0 Å². The summed E-state index contributed by atoms with van der Waals surface area (Å²) < 4.78 is 29.7. The maximum absolute atomic E-state index is 11.3. The molecule has 1 heterocycles. The van der Waals surface area contributed by atoms with Gasteiger partial charge in [-0.1, -0.05) is 0 Å². The molecule has 0 unspecified atom stereocenters. The lowest BCUT2D eigenvalue weighted by Gasteiger charge is -2.38. The second-order valence-corrected chi connectivity index (χ2v) is 6.43. The average Bonchev–Trinajstić information content (AvgIpc) is 2.37. The van der Waals surface area contributed by atoms with Crippen LogP contribution in [0.3, 0.4) is 0 Å². The molecule has 0 radical (unpaired) electrons. The van der Waals surface area contributed by atoms with E-state index in [1.165, 1.54) is 0 Å². The Bertz CT molecular complexity index is 519. The highest BCUT2D eigenvalue weighted by atomic mass is 32.2. The van der Waals surface area contributed by atoms with Gasteiger partial charge in [-0.25, -0.2) is 17.9 Å². The molecule has 11 heteroatoms. The number of hydrogen-bond acceptors (Lipinski definition) is 8. The number of aliphatic hydroxyl groups is 3. The Morgan fingerprint density at radius 2 is 2.10 bits per heavy atom. The highest BCUT2D eigenvalue weighted by molar-refractivity contribution is 7.88. The maximum Gasteiger partial charge on any atom is 0.370 e. The summed E-state index contributed by atoms with van der Waals surface area (Å²) in [5.74, 6) is -2.04. The van der Waals surface area contributed by atoms with Crippen LogP contribution in [0.5, 0.6) is 0 Å². The van der Waals surface area contributed by atoms with E-state index < -0.39 is 58.8 Å². The van der Waals surface area contributed by atoms with Gasteiger partial charge in [-0.05, 0) is 6.08 Å². The molecule has 0 bridgehead atoms. The highest BCUT2D eigenvalue weighted by Crippen LogP contribution is 2.22. The molecule has 1 aliphatic heterocycles. The van der Waals surface area contributed by atoms with Crippen LogP contribution in [0.1, 0.15) is 0 Å². The number of carbonyl (C=O) groups is 1. The number of nitrogens with one attached hydrogen (secondary N) is 1. The molecular weight excluding hydrogens is 308 g/mol. The third-order valence-electron chi connectivity index (χ3n) is 2.85. The van der Waals surface area contributed by atoms with Gasteiger partial charge in [0.1, 0.15) is 18.3 Å². The van der Waals surface area contributed by atoms with E-state index in [0.29, 0.717) is 0 Å². The van der Waals surface area contributed by atoms with Gasteiger partial charge in [0.25, 0.3) is 0 Å². The van der Waals surface area contributed by atoms with E-state index in [1.807, 2.05) is 0 Å². The third kappa shape index (κ3) is 4.62. The first-order valence-electron chi connectivity index (χ1n) is 5.88. The molecule has 0 amide bonds. The molecule has 0 aliphatic carbocycles. The molecule has 5 atom stereocenters. The van der Waals surface area contributed by atoms with Crippen LogP contribution in [0.2, 0.25) is 0 Å². The minimum Gasteiger partial charge on any atom is -0.479 e. The predicted molar refractivity (Wildman–Crippen MR) is 69.4 cm³/mol. The molecule has 21 heavy (non-hydrogen) atoms. The van der Waals surface area contributed by atoms with Crippen molar-refractivity contribution in [1.29, 1.82) is 0 Å². The fourth-order valence-electron chi connectivity index (χ4n) is 1.88. The van der Waals surface area contributed by atoms with Gasteiger partial charge in [0.05, 0.1) is 18.9 Å². The van der Waals surface area contributed by atoms with Crippen LogP contribution < -0.4 is 10.5 Å². The predicted octanol–water partition coefficient (Wildman–Crippen LogP) is -3.69. The van der Waals surface area contributed by atoms with Crippen molar-refractivity contribution >= 4 is 16.0 Å². The second-order valence-electron chi connectivity index (χ2n) is 4.65. The van der Waals surface area contributed by atoms with E-state index >= 15 is 0 Å². The lowest BCUT2D eigenvalue weighted by atomic mass is 9.93. The zero-order valence-electron chi connectivity index (χ0n) is 11.1. The van der Waals surface area contributed by atoms with Crippen LogP contribution in [0, 0.1) is 0 Å². The Morgan fingerprint density at radius 1 is 1.52 bits per heavy atom. The molecule has 0 aromatic carbocycles. The quantitative estimate of drug-likeness (QED) is 0.286. The van der Waals surface area contributed by atoms with Crippen molar-refractivity contribution in [3.63, 3.8) is 0 Å². The summed E-state index contributed by atoms with van der Waals surface area (Å²) in [5, 5.41) is 37.0. The van der Waals surface area contributed by atoms with Crippen LogP contribution in [-0.4, -0.2) is 78.1 Å². The Kier molecular flexibility index (Phi) is 5.67. The van der Waals surface area contributed by atoms with Crippen molar-refractivity contribution in [1.82, 2.24) is 4.72 Å². The van der Waals surface area contributed by atoms with E-state index in [1.54, 1.807) is 0 Å². The van der Waals surface area contributed by atoms with Crippen molar-refractivity contribution in [2.75, 3.05) is 12.9 Å². The first kappa shape index (κ1) is 17.8. The van der Waals surface area contributed by atoms with E-state index in [4.69, 9.17) is 20.7 Å². The summed E-state index contributed by atoms with van der Waals surface area (Å²) in [7, 11) is -3.74. The summed E-state index contributed by atoms with van der Waals surface area (Å²) >= 11 is 0. The summed E-state index contributed by atoms with van der Waals surface area (Å²) in [6, 6.07) is -2.32. The van der Waals surface area contributed by atoms with E-state index in [0.717, 1.165) is 12.3 Å². The number of hydrogen-bond donors (Lipinski definition) is 6. The average molecular weight is 326 g/mol. The summed E-state index contributed by atoms with van der Waals surface area (Å²) in [6.07, 6.45) is -3.04. The smallest absolute Gasteiger partial charge is 0.370 e. The third-order valence-corrected chi connectivity index (χ3v) is 3.55. The lowest BCUT2D eigenvalue weighted by molar-refractivity contribution is -0.144. The number of sulfonamides is 1. The maximum atomic E-state index is 11.3. The normalized spacial score (nSPS) is 29.2. The van der Waals surface area contributed by atoms with Gasteiger partial charge in [-0.2, -0.15) is 0 Å². The Morgan fingerprint density at radius 3 is 2.52 bits per heavy atom. The van der Waals surface area contributed by atoms with Crippen molar-refractivity contribution < 1.29 is 38.4 Å². The van der Waals surface area contributed by atoms with Crippen molar-refractivity contribution in [2.45, 2.75) is 30.4 Å². The van der Waals surface area contributed by atoms with Crippen LogP contribution >= 0.6 is 0 Å². The standard InChI is InChI=1S/C10H18N2O8S/c1-21(18,19)12-7-4(11)2-6(10(16)17)20-9(7)8(15)5(14)3-13/h2,4-5,7-9,12-15H,3,11H2,1H3,(H,16,17)/t4-,5+,7+,8+,9+/m0/s1. The van der Waals surface area contributed by atoms with Crippen molar-refractivity contribution in [3.05, 3.63) is 11.8 Å². The van der Waals surface area contributed by atoms with Gasteiger partial charge in [-0.3, -0.25) is 0 Å². The first-order valence-corrected chi connectivity index (χ1v) is 7.77. The Balaban J connectivity index is 3.13. The number of carboxylic acid groups (broad SMARTS) is 1. The molecule has 0 spiro atoms. The van der Waals surface area contributed by atoms with Crippen molar-refractivity contribution in [3.8, 4) is 0 Å². The minimum atomic E-state index is -3.74. The fourth-order valence-corrected chi connectivity index (χ4v) is 2.67. The van der Waals surface area contributed by atoms with E-state index in [-0.39, 0.29) is 0 Å². The topological polar surface area (TPSA) is 179 Å². The molecule has 122 valence electrons. The second kappa shape index (κ2) is 6.68. The van der Waals surface area contributed by atoms with Gasteiger partial charge < -0.3 is 30.9 Å². The number of carboxylic acids is 1. The molecule has 0 aromatic rings. The monoisotopic (exact) mass is 326 g/mol. The van der Waals surface area contributed by atoms with Gasteiger partial charge >= 0.3 is 5.97 Å². The van der Waals surface area contributed by atoms with E-state index in [2.05, 4.69) is 4.72 Å². The van der Waals surface area contributed by atoms with Gasteiger partial charge in [-0.15, -0.1) is 0 Å². The fraction of sp³-hybridized carbons (Fsp3) is 0.700. The number of rotatable bonds is 6. The first-order chi connectivity index (χ1) is 9.56. The van der Waals surface area contributed by atoms with E-state index in [9.17, 15) is 23.4 Å². The number of aliphatic carboxylic acids is 1. The van der Waals surface area contributed by atoms with Gasteiger partial charge in [0.15, 0.2) is 0 Å². The zero-order chi connectivity index (χ0) is 16.4. The summed E-state index contributed by atoms with van der Waals surface area (Å²) in [4.78, 5) is 10.9. The minimum absolute atomic E-state index is 0.580. The van der Waals surface area contributed by atoms with Gasteiger partial charge in [0, 0.05) is 6.04 Å².